The number of halogens is 1. The van der Waals surface area contributed by atoms with Crippen LogP contribution in [0.15, 0.2) is 162 Å². The number of benzene rings is 5. The predicted octanol–water partition coefficient (Wildman–Crippen LogP) is 8.44. The summed E-state index contributed by atoms with van der Waals surface area (Å²) >= 11 is 5.01. The summed E-state index contributed by atoms with van der Waals surface area (Å²) in [6.45, 7) is 2.18. The monoisotopic (exact) mass is 947 g/mol. The third-order valence-electron chi connectivity index (χ3n) is 10.7. The van der Waals surface area contributed by atoms with E-state index in [1.165, 1.54) is 23.1 Å². The maximum absolute atomic E-state index is 14.1. The van der Waals surface area contributed by atoms with Crippen LogP contribution in [0.5, 0.6) is 0 Å². The van der Waals surface area contributed by atoms with Gasteiger partial charge in [0.2, 0.25) is 5.91 Å². The largest absolute Gasteiger partial charge is 0.452 e. The van der Waals surface area contributed by atoms with E-state index in [4.69, 9.17) is 14.6 Å². The number of aromatic nitrogens is 1. The number of β-lactam (4-membered cyclic amide) rings is 1. The fourth-order valence-corrected chi connectivity index (χ4v) is 11.1. The summed E-state index contributed by atoms with van der Waals surface area (Å²) in [6.07, 6.45) is -0.600. The van der Waals surface area contributed by atoms with Gasteiger partial charge in [-0.15, -0.1) is 23.1 Å². The number of hydrogen-bond acceptors (Lipinski definition) is 10. The summed E-state index contributed by atoms with van der Waals surface area (Å²) in [5.41, 5.74) is 3.22. The van der Waals surface area contributed by atoms with Crippen LogP contribution < -0.4 is 10.6 Å². The minimum absolute atomic E-state index is 0.0454. The smallest absolute Gasteiger partial charge is 0.316 e. The van der Waals surface area contributed by atoms with E-state index >= 15 is 0 Å². The molecule has 13 heteroatoms. The Morgan fingerprint density at radius 1 is 0.850 bits per heavy atom. The second-order valence-corrected chi connectivity index (χ2v) is 17.2. The molecule has 8 rings (SSSR count). The lowest BCUT2D eigenvalue weighted by atomic mass is 9.77. The minimum atomic E-state index is -0.936. The van der Waals surface area contributed by atoms with E-state index in [1.54, 1.807) is 17.2 Å². The molecule has 10 nitrogen and oxygen atoms in total. The average molecular weight is 948 g/mol. The fourth-order valence-electron chi connectivity index (χ4n) is 7.63. The van der Waals surface area contributed by atoms with Crippen LogP contribution in [0.4, 0.5) is 5.13 Å². The van der Waals surface area contributed by atoms with E-state index in [0.29, 0.717) is 21.0 Å². The Morgan fingerprint density at radius 3 is 1.87 bits per heavy atom. The van der Waals surface area contributed by atoms with E-state index in [2.05, 4.69) is 74.8 Å². The molecule has 2 aliphatic heterocycles. The third kappa shape index (κ3) is 8.17. The molecule has 2 fully saturated rings. The first-order chi connectivity index (χ1) is 29.4. The second-order valence-electron chi connectivity index (χ2n) is 14.5. The first kappa shape index (κ1) is 41.2. The fraction of sp³-hybridized carbons (Fsp3) is 0.213. The summed E-state index contributed by atoms with van der Waals surface area (Å²) in [6, 6.07) is 49.0. The van der Waals surface area contributed by atoms with Gasteiger partial charge in [0.15, 0.2) is 16.9 Å². The Hall–Kier alpha value is -5.51. The van der Waals surface area contributed by atoms with Crippen molar-refractivity contribution in [2.45, 2.75) is 30.0 Å². The van der Waals surface area contributed by atoms with E-state index in [1.807, 2.05) is 115 Å². The van der Waals surface area contributed by atoms with Gasteiger partial charge < -0.3 is 25.1 Å². The van der Waals surface area contributed by atoms with Crippen molar-refractivity contribution in [1.82, 2.24) is 15.2 Å². The summed E-state index contributed by atoms with van der Waals surface area (Å²) in [7, 11) is 0. The number of oxime groups is 1. The van der Waals surface area contributed by atoms with Crippen LogP contribution in [0, 0.1) is 5.41 Å². The molecule has 6 aromatic rings. The zero-order chi connectivity index (χ0) is 41.5. The van der Waals surface area contributed by atoms with E-state index in [-0.39, 0.29) is 36.1 Å². The van der Waals surface area contributed by atoms with Gasteiger partial charge in [0.05, 0.1) is 0 Å². The van der Waals surface area contributed by atoms with Crippen molar-refractivity contribution in [1.29, 1.82) is 0 Å². The molecule has 0 spiro atoms. The molecule has 0 saturated carbocycles. The molecule has 1 aromatic heterocycles. The van der Waals surface area contributed by atoms with Gasteiger partial charge in [0.25, 0.3) is 5.91 Å². The average Bonchev–Trinajstić information content (AvgIpc) is 3.78. The number of thiazole rings is 1. The van der Waals surface area contributed by atoms with Crippen LogP contribution in [-0.4, -0.2) is 68.1 Å². The Morgan fingerprint density at radius 2 is 1.37 bits per heavy atom. The SMILES string of the molecule is CCON=C(C(=O)NC1C(=O)N2CC(CI)(C(=O)OC(c3ccccc3)c3ccccc3)CS[C@H]12)c1csc(NC(c2ccccc2)(c2ccccc2)c2ccccc2)n1. The summed E-state index contributed by atoms with van der Waals surface area (Å²) in [4.78, 5) is 54.0. The van der Waals surface area contributed by atoms with Crippen LogP contribution in [-0.2, 0) is 29.5 Å². The maximum atomic E-state index is 14.1. The number of thioether (sulfide) groups is 1. The van der Waals surface area contributed by atoms with Gasteiger partial charge in [-0.2, -0.15) is 0 Å². The molecule has 0 aliphatic carbocycles. The van der Waals surface area contributed by atoms with Gasteiger partial charge in [-0.25, -0.2) is 4.98 Å². The first-order valence-corrected chi connectivity index (χ1v) is 23.0. The molecule has 304 valence electrons. The number of esters is 1. The molecule has 2 N–H and O–H groups in total. The molecule has 0 radical (unpaired) electrons. The molecule has 60 heavy (non-hydrogen) atoms. The number of nitrogens with one attached hydrogen (secondary N) is 2. The van der Waals surface area contributed by atoms with Crippen molar-refractivity contribution < 1.29 is 24.0 Å². The van der Waals surface area contributed by atoms with Crippen molar-refractivity contribution in [2.75, 3.05) is 28.6 Å². The molecule has 2 saturated heterocycles. The standard InChI is InChI=1S/C47H42IN5O5S2/c1-2-57-52-38(37-28-59-45(49-37)51-47(34-22-12-5-13-23-34,35-24-14-6-15-25-35)36-26-16-7-17-27-36)41(54)50-39-42(55)53-30-46(29-48,31-60-43(39)53)44(56)58-40(32-18-8-3-9-19-32)33-20-10-4-11-21-33/h3-28,39-40,43H,2,29-31H2,1H3,(H,49,51)(H,50,54)/t39?,43-,46?/m1/s1. The molecule has 2 amide bonds. The maximum Gasteiger partial charge on any atom is 0.316 e. The number of ether oxygens (including phenoxy) is 1. The van der Waals surface area contributed by atoms with Crippen LogP contribution in [0.1, 0.15) is 46.5 Å². The predicted molar refractivity (Wildman–Crippen MR) is 245 cm³/mol. The minimum Gasteiger partial charge on any atom is -0.452 e. The zero-order valence-electron chi connectivity index (χ0n) is 32.6. The van der Waals surface area contributed by atoms with Crippen molar-refractivity contribution in [2.24, 2.45) is 10.6 Å². The Balaban J connectivity index is 1.00. The normalized spacial score (nSPS) is 18.9. The molecule has 2 unspecified atom stereocenters. The highest BCUT2D eigenvalue weighted by molar-refractivity contribution is 14.1. The van der Waals surface area contributed by atoms with Crippen LogP contribution in [0.3, 0.4) is 0 Å². The van der Waals surface area contributed by atoms with Gasteiger partial charge in [0.1, 0.15) is 34.7 Å². The molecule has 3 heterocycles. The van der Waals surface area contributed by atoms with Crippen molar-refractivity contribution in [3.8, 4) is 0 Å². The lowest BCUT2D eigenvalue weighted by molar-refractivity contribution is -0.163. The molecular weight excluding hydrogens is 906 g/mol. The summed E-state index contributed by atoms with van der Waals surface area (Å²) in [5, 5.41) is 12.8. The van der Waals surface area contributed by atoms with Gasteiger partial charge in [-0.3, -0.25) is 14.4 Å². The number of nitrogens with zero attached hydrogens (tertiary/aromatic N) is 3. The zero-order valence-corrected chi connectivity index (χ0v) is 36.4. The highest BCUT2D eigenvalue weighted by Crippen LogP contribution is 2.45. The van der Waals surface area contributed by atoms with Crippen molar-refractivity contribution in [3.63, 3.8) is 0 Å². The number of carbonyl (C=O) groups excluding carboxylic acids is 3. The summed E-state index contributed by atoms with van der Waals surface area (Å²) in [5.74, 6) is -0.812. The molecule has 3 atom stereocenters. The second kappa shape index (κ2) is 18.4. The number of amides is 2. The van der Waals surface area contributed by atoms with Gasteiger partial charge in [-0.05, 0) is 34.7 Å². The van der Waals surface area contributed by atoms with Gasteiger partial charge in [0, 0.05) is 22.1 Å². The van der Waals surface area contributed by atoms with E-state index in [9.17, 15) is 14.4 Å². The third-order valence-corrected chi connectivity index (χ3v) is 14.5. The van der Waals surface area contributed by atoms with Crippen molar-refractivity contribution in [3.05, 3.63) is 191 Å². The lowest BCUT2D eigenvalue weighted by Crippen LogP contribution is -2.74. The number of carbonyl (C=O) groups is 3. The molecular formula is C47H42IN5O5S2. The number of alkyl halides is 1. The van der Waals surface area contributed by atoms with Gasteiger partial charge >= 0.3 is 5.97 Å². The summed E-state index contributed by atoms with van der Waals surface area (Å²) < 4.78 is 6.76. The Labute approximate surface area is 370 Å². The first-order valence-electron chi connectivity index (χ1n) is 19.6. The molecule has 2 aliphatic rings. The number of anilines is 1. The van der Waals surface area contributed by atoms with Gasteiger partial charge in [-0.1, -0.05) is 179 Å². The van der Waals surface area contributed by atoms with Crippen LogP contribution in [0.25, 0.3) is 0 Å². The highest BCUT2D eigenvalue weighted by atomic mass is 127. The van der Waals surface area contributed by atoms with Crippen LogP contribution >= 0.6 is 45.7 Å². The number of rotatable bonds is 15. The highest BCUT2D eigenvalue weighted by Gasteiger charge is 2.58. The van der Waals surface area contributed by atoms with E-state index < -0.39 is 29.0 Å². The van der Waals surface area contributed by atoms with Crippen molar-refractivity contribution >= 4 is 74.3 Å². The quantitative estimate of drug-likeness (QED) is 0.0200. The molecule has 0 bridgehead atoms. The topological polar surface area (TPSA) is 122 Å². The van der Waals surface area contributed by atoms with Crippen LogP contribution in [0.2, 0.25) is 0 Å². The number of hydrogen-bond donors (Lipinski definition) is 2. The van der Waals surface area contributed by atoms with E-state index in [0.717, 1.165) is 27.8 Å². The Bertz CT molecular complexity index is 2310. The lowest BCUT2D eigenvalue weighted by Gasteiger charge is -2.53. The molecule has 5 aromatic carbocycles. The Kier molecular flexibility index (Phi) is 12.6. The number of fused-ring (bicyclic) bond motifs is 1.